The Morgan fingerprint density at radius 2 is 1.70 bits per heavy atom. The number of aromatic nitrogens is 4. The second-order valence-electron chi connectivity index (χ2n) is 8.90. The predicted molar refractivity (Wildman–Crippen MR) is 146 cm³/mol. The molecule has 9 heteroatoms. The number of anilines is 1. The highest BCUT2D eigenvalue weighted by molar-refractivity contribution is 7.26. The van der Waals surface area contributed by atoms with Crippen LogP contribution in [0.2, 0.25) is 0 Å². The van der Waals surface area contributed by atoms with E-state index in [-0.39, 0.29) is 0 Å². The van der Waals surface area contributed by atoms with Gasteiger partial charge in [-0.2, -0.15) is 5.26 Å². The van der Waals surface area contributed by atoms with Crippen LogP contribution in [-0.4, -0.2) is 58.1 Å². The Hall–Kier alpha value is -4.13. The molecule has 0 spiro atoms. The molecule has 1 aliphatic heterocycles. The Morgan fingerprint density at radius 3 is 2.41 bits per heavy atom. The Bertz CT molecular complexity index is 1590. The van der Waals surface area contributed by atoms with Crippen LogP contribution in [0.3, 0.4) is 0 Å². The first kappa shape index (κ1) is 23.3. The zero-order chi connectivity index (χ0) is 25.2. The van der Waals surface area contributed by atoms with Gasteiger partial charge < -0.3 is 9.64 Å². The van der Waals surface area contributed by atoms with E-state index in [1.165, 1.54) is 16.9 Å². The van der Waals surface area contributed by atoms with Crippen LogP contribution in [0.5, 0.6) is 5.88 Å². The number of rotatable bonds is 6. The van der Waals surface area contributed by atoms with Crippen molar-refractivity contribution >= 4 is 37.6 Å². The molecule has 2 aromatic carbocycles. The van der Waals surface area contributed by atoms with Gasteiger partial charge in [-0.25, -0.2) is 4.98 Å². The summed E-state index contributed by atoms with van der Waals surface area (Å²) < 4.78 is 6.74. The molecule has 3 aromatic heterocycles. The van der Waals surface area contributed by atoms with Crippen molar-refractivity contribution in [2.75, 3.05) is 37.7 Å². The summed E-state index contributed by atoms with van der Waals surface area (Å²) in [5.41, 5.74) is 4.16. The van der Waals surface area contributed by atoms with E-state index in [4.69, 9.17) is 9.72 Å². The number of hydrogen-bond acceptors (Lipinski definition) is 9. The summed E-state index contributed by atoms with van der Waals surface area (Å²) in [7, 11) is 0. The van der Waals surface area contributed by atoms with Crippen molar-refractivity contribution in [3.8, 4) is 23.1 Å². The normalized spacial score (nSPS) is 14.2. The molecule has 0 bridgehead atoms. The minimum Gasteiger partial charge on any atom is -0.477 e. The smallest absolute Gasteiger partial charge is 0.233 e. The number of benzene rings is 2. The SMILES string of the molecule is CCOc1nc2sc3c(N4CCN(Cc5ccccc5)CC4)nnnc3c2c(-c2ccccc2)c1C#N. The summed E-state index contributed by atoms with van der Waals surface area (Å²) in [5.74, 6) is 1.17. The molecule has 0 amide bonds. The van der Waals surface area contributed by atoms with Gasteiger partial charge in [-0.1, -0.05) is 60.7 Å². The molecule has 0 saturated carbocycles. The van der Waals surface area contributed by atoms with Crippen LogP contribution in [0.1, 0.15) is 18.1 Å². The fraction of sp³-hybridized carbons (Fsp3) is 0.250. The third-order valence-corrected chi connectivity index (χ3v) is 7.71. The van der Waals surface area contributed by atoms with E-state index in [0.29, 0.717) is 18.1 Å². The summed E-state index contributed by atoms with van der Waals surface area (Å²) in [5, 5.41) is 24.0. The summed E-state index contributed by atoms with van der Waals surface area (Å²) in [6.45, 7) is 6.83. The summed E-state index contributed by atoms with van der Waals surface area (Å²) >= 11 is 1.53. The third kappa shape index (κ3) is 4.35. The molecule has 6 rings (SSSR count). The Kier molecular flexibility index (Phi) is 6.35. The van der Waals surface area contributed by atoms with Gasteiger partial charge in [0.25, 0.3) is 0 Å². The van der Waals surface area contributed by atoms with Crippen LogP contribution < -0.4 is 9.64 Å². The van der Waals surface area contributed by atoms with Crippen molar-refractivity contribution in [2.24, 2.45) is 0 Å². The molecule has 0 N–H and O–H groups in total. The maximum atomic E-state index is 10.1. The van der Waals surface area contributed by atoms with E-state index < -0.39 is 0 Å². The summed E-state index contributed by atoms with van der Waals surface area (Å²) in [6, 6.07) is 22.8. The van der Waals surface area contributed by atoms with E-state index in [9.17, 15) is 5.26 Å². The van der Waals surface area contributed by atoms with Gasteiger partial charge >= 0.3 is 0 Å². The lowest BCUT2D eigenvalue weighted by atomic mass is 9.98. The first-order valence-electron chi connectivity index (χ1n) is 12.4. The average molecular weight is 508 g/mol. The molecule has 1 aliphatic rings. The van der Waals surface area contributed by atoms with Gasteiger partial charge in [-0.3, -0.25) is 4.90 Å². The van der Waals surface area contributed by atoms with Crippen LogP contribution in [0.15, 0.2) is 60.7 Å². The number of nitriles is 1. The molecule has 0 radical (unpaired) electrons. The molecule has 5 aromatic rings. The standard InChI is InChI=1S/C28H25N7OS/c1-2-36-27-21(17-29)22(20-11-7-4-8-12-20)23-24-25(37-28(23)30-27)26(32-33-31-24)35-15-13-34(14-16-35)18-19-9-5-3-6-10-19/h3-12H,2,13-16,18H2,1H3. The van der Waals surface area contributed by atoms with Gasteiger partial charge in [0.15, 0.2) is 5.82 Å². The number of fused-ring (bicyclic) bond motifs is 3. The van der Waals surface area contributed by atoms with Gasteiger partial charge in [-0.05, 0) is 23.3 Å². The largest absolute Gasteiger partial charge is 0.477 e. The van der Waals surface area contributed by atoms with Crippen LogP contribution in [-0.2, 0) is 6.54 Å². The minimum atomic E-state index is 0.347. The Morgan fingerprint density at radius 1 is 0.973 bits per heavy atom. The lowest BCUT2D eigenvalue weighted by Gasteiger charge is -2.35. The number of ether oxygens (including phenoxy) is 1. The Labute approximate surface area is 218 Å². The highest BCUT2D eigenvalue weighted by Crippen LogP contribution is 2.44. The van der Waals surface area contributed by atoms with Gasteiger partial charge in [0.05, 0.1) is 6.61 Å². The zero-order valence-corrected chi connectivity index (χ0v) is 21.3. The maximum absolute atomic E-state index is 10.1. The van der Waals surface area contributed by atoms with E-state index in [1.54, 1.807) is 0 Å². The molecule has 0 atom stereocenters. The molecule has 4 heterocycles. The van der Waals surface area contributed by atoms with Crippen LogP contribution >= 0.6 is 11.3 Å². The topological polar surface area (TPSA) is 91.1 Å². The highest BCUT2D eigenvalue weighted by atomic mass is 32.1. The van der Waals surface area contributed by atoms with Crippen molar-refractivity contribution in [1.82, 2.24) is 25.3 Å². The number of piperazine rings is 1. The Balaban J connectivity index is 1.42. The van der Waals surface area contributed by atoms with E-state index in [2.05, 4.69) is 61.6 Å². The van der Waals surface area contributed by atoms with Crippen LogP contribution in [0.25, 0.3) is 31.6 Å². The molecule has 0 aliphatic carbocycles. The van der Waals surface area contributed by atoms with Crippen molar-refractivity contribution < 1.29 is 4.74 Å². The molecular weight excluding hydrogens is 482 g/mol. The average Bonchev–Trinajstić information content (AvgIpc) is 3.32. The second-order valence-corrected chi connectivity index (χ2v) is 9.90. The van der Waals surface area contributed by atoms with E-state index in [0.717, 1.165) is 70.1 Å². The van der Waals surface area contributed by atoms with Gasteiger partial charge in [0.2, 0.25) is 5.88 Å². The highest BCUT2D eigenvalue weighted by Gasteiger charge is 2.26. The van der Waals surface area contributed by atoms with Crippen molar-refractivity contribution in [3.63, 3.8) is 0 Å². The van der Waals surface area contributed by atoms with Gasteiger partial charge in [-0.15, -0.1) is 21.5 Å². The molecule has 0 unspecified atom stereocenters. The molecule has 184 valence electrons. The molecular formula is C28H25N7OS. The number of hydrogen-bond donors (Lipinski definition) is 0. The zero-order valence-electron chi connectivity index (χ0n) is 20.5. The van der Waals surface area contributed by atoms with Crippen molar-refractivity contribution in [3.05, 3.63) is 71.8 Å². The lowest BCUT2D eigenvalue weighted by Crippen LogP contribution is -2.46. The number of nitrogens with zero attached hydrogens (tertiary/aromatic N) is 7. The number of thiophene rings is 1. The van der Waals surface area contributed by atoms with E-state index >= 15 is 0 Å². The predicted octanol–water partition coefficient (Wildman–Crippen LogP) is 4.89. The fourth-order valence-electron chi connectivity index (χ4n) is 4.90. The van der Waals surface area contributed by atoms with Gasteiger partial charge in [0, 0.05) is 43.7 Å². The van der Waals surface area contributed by atoms with Crippen LogP contribution in [0, 0.1) is 11.3 Å². The molecule has 1 fully saturated rings. The minimum absolute atomic E-state index is 0.347. The van der Waals surface area contributed by atoms with Crippen molar-refractivity contribution in [2.45, 2.75) is 13.5 Å². The van der Waals surface area contributed by atoms with Crippen molar-refractivity contribution in [1.29, 1.82) is 5.26 Å². The number of pyridine rings is 1. The molecule has 37 heavy (non-hydrogen) atoms. The quantitative estimate of drug-likeness (QED) is 0.321. The summed E-state index contributed by atoms with van der Waals surface area (Å²) in [4.78, 5) is 10.3. The third-order valence-electron chi connectivity index (χ3n) is 6.64. The van der Waals surface area contributed by atoms with Crippen LogP contribution in [0.4, 0.5) is 5.82 Å². The lowest BCUT2D eigenvalue weighted by molar-refractivity contribution is 0.249. The summed E-state index contributed by atoms with van der Waals surface area (Å²) in [6.07, 6.45) is 0. The van der Waals surface area contributed by atoms with Gasteiger partial charge in [0.1, 0.15) is 26.7 Å². The first-order valence-corrected chi connectivity index (χ1v) is 13.2. The molecule has 1 saturated heterocycles. The maximum Gasteiger partial charge on any atom is 0.233 e. The van der Waals surface area contributed by atoms with E-state index in [1.807, 2.05) is 37.3 Å². The monoisotopic (exact) mass is 507 g/mol. The molecule has 8 nitrogen and oxygen atoms in total. The fourth-order valence-corrected chi connectivity index (χ4v) is 6.02. The second kappa shape index (κ2) is 10.1. The first-order chi connectivity index (χ1) is 18.3.